The molecule has 3 aromatic heterocycles. The third-order valence-electron chi connectivity index (χ3n) is 7.46. The van der Waals surface area contributed by atoms with Crippen molar-refractivity contribution in [2.24, 2.45) is 0 Å². The summed E-state index contributed by atoms with van der Waals surface area (Å²) in [5, 5.41) is 0.982. The standard InChI is InChI=1S/C37H24N4OS/c1-2-6-25(7-3-1)26-10-16-29(17-11-26)41(30-18-12-27(13-19-30)36-39-32-8-4-5-9-34(32)42-36)31-20-14-28(15-21-31)37-40-33-24-38-23-22-35(33)43-37/h1-24H. The topological polar surface area (TPSA) is 55.1 Å². The molecule has 0 unspecified atom stereocenters. The second kappa shape index (κ2) is 10.7. The molecule has 8 rings (SSSR count). The van der Waals surface area contributed by atoms with E-state index in [0.717, 1.165) is 54.5 Å². The number of para-hydroxylation sites is 2. The van der Waals surface area contributed by atoms with Gasteiger partial charge in [-0.15, -0.1) is 11.3 Å². The Labute approximate surface area is 252 Å². The molecular formula is C37H24N4OS. The molecular weight excluding hydrogens is 549 g/mol. The van der Waals surface area contributed by atoms with Crippen LogP contribution in [0.1, 0.15) is 0 Å². The molecule has 0 saturated carbocycles. The van der Waals surface area contributed by atoms with Gasteiger partial charge >= 0.3 is 0 Å². The van der Waals surface area contributed by atoms with Gasteiger partial charge in [0, 0.05) is 34.4 Å². The molecule has 0 atom stereocenters. The third kappa shape index (κ3) is 4.84. The van der Waals surface area contributed by atoms with E-state index in [1.165, 1.54) is 11.1 Å². The summed E-state index contributed by atoms with van der Waals surface area (Å²) in [5.74, 6) is 0.613. The highest BCUT2D eigenvalue weighted by Gasteiger charge is 2.15. The number of rotatable bonds is 6. The molecule has 0 aliphatic heterocycles. The summed E-state index contributed by atoms with van der Waals surface area (Å²) in [5.41, 5.74) is 10.1. The van der Waals surface area contributed by atoms with Gasteiger partial charge in [-0.25, -0.2) is 9.97 Å². The lowest BCUT2D eigenvalue weighted by atomic mass is 10.0. The van der Waals surface area contributed by atoms with Crippen LogP contribution in [0, 0.1) is 0 Å². The minimum Gasteiger partial charge on any atom is -0.436 e. The fourth-order valence-electron chi connectivity index (χ4n) is 5.29. The molecule has 0 amide bonds. The number of aromatic nitrogens is 3. The minimum absolute atomic E-state index is 0.613. The van der Waals surface area contributed by atoms with Crippen LogP contribution in [0.5, 0.6) is 0 Å². The third-order valence-corrected chi connectivity index (χ3v) is 8.55. The largest absolute Gasteiger partial charge is 0.436 e. The van der Waals surface area contributed by atoms with Crippen molar-refractivity contribution in [3.63, 3.8) is 0 Å². The average Bonchev–Trinajstić information content (AvgIpc) is 3.71. The van der Waals surface area contributed by atoms with Crippen LogP contribution in [-0.4, -0.2) is 15.0 Å². The molecule has 8 aromatic rings. The molecule has 0 fully saturated rings. The number of fused-ring (bicyclic) bond motifs is 2. The van der Waals surface area contributed by atoms with E-state index in [-0.39, 0.29) is 0 Å². The zero-order valence-corrected chi connectivity index (χ0v) is 23.8. The van der Waals surface area contributed by atoms with Gasteiger partial charge in [-0.05, 0) is 90.0 Å². The number of hydrogen-bond acceptors (Lipinski definition) is 6. The number of oxazole rings is 1. The molecule has 0 spiro atoms. The lowest BCUT2D eigenvalue weighted by Crippen LogP contribution is -2.09. The van der Waals surface area contributed by atoms with Crippen LogP contribution in [0.25, 0.3) is 54.5 Å². The van der Waals surface area contributed by atoms with Crippen molar-refractivity contribution in [1.29, 1.82) is 0 Å². The van der Waals surface area contributed by atoms with E-state index in [0.29, 0.717) is 5.89 Å². The van der Waals surface area contributed by atoms with Crippen LogP contribution in [0.4, 0.5) is 17.1 Å². The summed E-state index contributed by atoms with van der Waals surface area (Å²) in [7, 11) is 0. The van der Waals surface area contributed by atoms with E-state index >= 15 is 0 Å². The van der Waals surface area contributed by atoms with Gasteiger partial charge in [-0.2, -0.15) is 0 Å². The van der Waals surface area contributed by atoms with Crippen molar-refractivity contribution in [1.82, 2.24) is 15.0 Å². The van der Waals surface area contributed by atoms with Crippen molar-refractivity contribution < 1.29 is 4.42 Å². The summed E-state index contributed by atoms with van der Waals surface area (Å²) in [6.45, 7) is 0. The van der Waals surface area contributed by atoms with E-state index in [9.17, 15) is 0 Å². The molecule has 43 heavy (non-hydrogen) atoms. The lowest BCUT2D eigenvalue weighted by molar-refractivity contribution is 0.620. The van der Waals surface area contributed by atoms with E-state index in [1.807, 2.05) is 48.8 Å². The van der Waals surface area contributed by atoms with Crippen LogP contribution in [0.3, 0.4) is 0 Å². The Morgan fingerprint density at radius 1 is 0.512 bits per heavy atom. The molecule has 204 valence electrons. The van der Waals surface area contributed by atoms with Crippen molar-refractivity contribution in [2.75, 3.05) is 4.90 Å². The van der Waals surface area contributed by atoms with E-state index in [2.05, 4.69) is 112 Å². The molecule has 0 saturated heterocycles. The molecule has 0 aliphatic carbocycles. The lowest BCUT2D eigenvalue weighted by Gasteiger charge is -2.26. The van der Waals surface area contributed by atoms with Crippen LogP contribution < -0.4 is 4.90 Å². The van der Waals surface area contributed by atoms with Crippen LogP contribution in [-0.2, 0) is 0 Å². The summed E-state index contributed by atoms with van der Waals surface area (Å²) < 4.78 is 7.15. The summed E-state index contributed by atoms with van der Waals surface area (Å²) >= 11 is 1.68. The Kier molecular flexibility index (Phi) is 6.24. The Balaban J connectivity index is 1.17. The van der Waals surface area contributed by atoms with Crippen molar-refractivity contribution in [3.05, 3.63) is 146 Å². The first-order chi connectivity index (χ1) is 21.3. The fourth-order valence-corrected chi connectivity index (χ4v) is 6.22. The average molecular weight is 573 g/mol. The smallest absolute Gasteiger partial charge is 0.227 e. The SMILES string of the molecule is c1ccc(-c2ccc(N(c3ccc(-c4nc5ccccc5o4)cc3)c3ccc(-c4nc5cnccc5s4)cc3)cc2)cc1. The first-order valence-electron chi connectivity index (χ1n) is 14.0. The van der Waals surface area contributed by atoms with Gasteiger partial charge < -0.3 is 9.32 Å². The zero-order chi connectivity index (χ0) is 28.6. The van der Waals surface area contributed by atoms with Crippen LogP contribution in [0.15, 0.2) is 150 Å². The number of hydrogen-bond donors (Lipinski definition) is 0. The molecule has 3 heterocycles. The molecule has 0 bridgehead atoms. The number of thiazole rings is 1. The quantitative estimate of drug-likeness (QED) is 0.198. The number of anilines is 3. The Morgan fingerprint density at radius 3 is 1.79 bits per heavy atom. The van der Waals surface area contributed by atoms with Crippen molar-refractivity contribution >= 4 is 49.7 Å². The normalized spacial score (nSPS) is 11.3. The Morgan fingerprint density at radius 2 is 1.12 bits per heavy atom. The fraction of sp³-hybridized carbons (Fsp3) is 0. The second-order valence-electron chi connectivity index (χ2n) is 10.2. The maximum Gasteiger partial charge on any atom is 0.227 e. The summed E-state index contributed by atoms with van der Waals surface area (Å²) in [6, 6.07) is 45.9. The first kappa shape index (κ1) is 25.1. The highest BCUT2D eigenvalue weighted by atomic mass is 32.1. The second-order valence-corrected chi connectivity index (χ2v) is 11.2. The van der Waals surface area contributed by atoms with Gasteiger partial charge in [-0.1, -0.05) is 54.6 Å². The molecule has 0 aliphatic rings. The highest BCUT2D eigenvalue weighted by molar-refractivity contribution is 7.21. The summed E-state index contributed by atoms with van der Waals surface area (Å²) in [4.78, 5) is 15.9. The summed E-state index contributed by atoms with van der Waals surface area (Å²) in [6.07, 6.45) is 3.62. The molecule has 5 aromatic carbocycles. The monoisotopic (exact) mass is 572 g/mol. The van der Waals surface area contributed by atoms with Gasteiger partial charge in [0.2, 0.25) is 5.89 Å². The van der Waals surface area contributed by atoms with Gasteiger partial charge in [0.05, 0.1) is 10.9 Å². The van der Waals surface area contributed by atoms with Gasteiger partial charge in [0.1, 0.15) is 16.0 Å². The number of benzene rings is 5. The van der Waals surface area contributed by atoms with Gasteiger partial charge in [0.25, 0.3) is 0 Å². The minimum atomic E-state index is 0.613. The number of nitrogens with zero attached hydrogens (tertiary/aromatic N) is 4. The van der Waals surface area contributed by atoms with E-state index in [1.54, 1.807) is 11.3 Å². The molecule has 0 radical (unpaired) electrons. The van der Waals surface area contributed by atoms with E-state index in [4.69, 9.17) is 9.40 Å². The predicted molar refractivity (Wildman–Crippen MR) is 176 cm³/mol. The first-order valence-corrected chi connectivity index (χ1v) is 14.8. The van der Waals surface area contributed by atoms with E-state index < -0.39 is 0 Å². The highest BCUT2D eigenvalue weighted by Crippen LogP contribution is 2.38. The Hall–Kier alpha value is -5.59. The maximum atomic E-state index is 6.02. The predicted octanol–water partition coefficient (Wildman–Crippen LogP) is 10.3. The maximum absolute atomic E-state index is 6.02. The molecule has 0 N–H and O–H groups in total. The molecule has 6 heteroatoms. The molecule has 5 nitrogen and oxygen atoms in total. The number of pyridine rings is 1. The van der Waals surface area contributed by atoms with Crippen LogP contribution in [0.2, 0.25) is 0 Å². The van der Waals surface area contributed by atoms with Crippen molar-refractivity contribution in [2.45, 2.75) is 0 Å². The van der Waals surface area contributed by atoms with Crippen molar-refractivity contribution in [3.8, 4) is 33.2 Å². The van der Waals surface area contributed by atoms with Crippen LogP contribution >= 0.6 is 11.3 Å². The van der Waals surface area contributed by atoms with Gasteiger partial charge in [0.15, 0.2) is 5.58 Å². The zero-order valence-electron chi connectivity index (χ0n) is 23.0. The Bertz CT molecular complexity index is 1980. The van der Waals surface area contributed by atoms with Gasteiger partial charge in [-0.3, -0.25) is 4.98 Å².